The minimum Gasteiger partial charge on any atom is -0.354 e. The third-order valence-electron chi connectivity index (χ3n) is 4.93. The van der Waals surface area contributed by atoms with Crippen LogP contribution in [0.4, 0.5) is 0 Å². The normalized spacial score (nSPS) is 22.4. The Kier molecular flexibility index (Phi) is 4.15. The number of piperidine rings is 1. The lowest BCUT2D eigenvalue weighted by atomic mass is 9.85. The summed E-state index contributed by atoms with van der Waals surface area (Å²) in [6, 6.07) is 0. The largest absolute Gasteiger partial charge is 0.354 e. The number of hydrogen-bond donors (Lipinski definition) is 1. The van der Waals surface area contributed by atoms with E-state index in [-0.39, 0.29) is 11.8 Å². The van der Waals surface area contributed by atoms with Crippen molar-refractivity contribution in [3.05, 3.63) is 18.7 Å². The fraction of sp³-hybridized carbons (Fsp3) is 0.667. The van der Waals surface area contributed by atoms with Gasteiger partial charge < -0.3 is 14.8 Å². The average Bonchev–Trinajstić information content (AvgIpc) is 2.99. The number of likely N-dealkylation sites (N-methyl/N-ethyl adjacent to an activating group) is 1. The van der Waals surface area contributed by atoms with Crippen LogP contribution in [0, 0.1) is 0 Å². The number of carbonyl (C=O) groups excluding carboxylic acids is 2. The Hall–Kier alpha value is -1.89. The second-order valence-corrected chi connectivity index (χ2v) is 6.18. The van der Waals surface area contributed by atoms with Gasteiger partial charge in [0.15, 0.2) is 0 Å². The zero-order chi connectivity index (χ0) is 15.6. The molecule has 2 aliphatic heterocycles. The molecule has 3 rings (SSSR count). The van der Waals surface area contributed by atoms with Crippen molar-refractivity contribution in [1.82, 2.24) is 24.7 Å². The van der Waals surface area contributed by atoms with Crippen LogP contribution < -0.4 is 5.32 Å². The molecule has 3 heterocycles. The minimum absolute atomic E-state index is 0.0875. The van der Waals surface area contributed by atoms with Gasteiger partial charge in [0.2, 0.25) is 11.8 Å². The number of nitrogens with zero attached hydrogens (tertiary/aromatic N) is 4. The maximum atomic E-state index is 12.5. The first-order valence-electron chi connectivity index (χ1n) is 7.85. The highest BCUT2D eigenvalue weighted by atomic mass is 16.2. The number of aromatic nitrogens is 2. The van der Waals surface area contributed by atoms with Crippen LogP contribution in [-0.4, -0.2) is 69.9 Å². The van der Waals surface area contributed by atoms with Gasteiger partial charge in [-0.05, 0) is 26.3 Å². The molecule has 22 heavy (non-hydrogen) atoms. The van der Waals surface area contributed by atoms with E-state index in [2.05, 4.69) is 15.2 Å². The molecule has 2 saturated heterocycles. The zero-order valence-corrected chi connectivity index (χ0v) is 13.0. The molecule has 120 valence electrons. The van der Waals surface area contributed by atoms with E-state index in [1.165, 1.54) is 0 Å². The molecule has 2 amide bonds. The molecule has 0 radical (unpaired) electrons. The zero-order valence-electron chi connectivity index (χ0n) is 13.0. The van der Waals surface area contributed by atoms with E-state index in [4.69, 9.17) is 0 Å². The lowest BCUT2D eigenvalue weighted by molar-refractivity contribution is -0.141. The molecule has 0 aliphatic carbocycles. The summed E-state index contributed by atoms with van der Waals surface area (Å²) in [6.07, 6.45) is 7.48. The Morgan fingerprint density at radius 1 is 1.36 bits per heavy atom. The summed E-state index contributed by atoms with van der Waals surface area (Å²) in [7, 11) is 2.02. The van der Waals surface area contributed by atoms with E-state index in [0.717, 1.165) is 19.5 Å². The molecule has 1 spiro atoms. The fourth-order valence-electron chi connectivity index (χ4n) is 3.44. The molecule has 0 bridgehead atoms. The molecule has 0 unspecified atom stereocenters. The Balaban J connectivity index is 1.63. The summed E-state index contributed by atoms with van der Waals surface area (Å²) in [4.78, 5) is 32.8. The van der Waals surface area contributed by atoms with Gasteiger partial charge in [-0.1, -0.05) is 0 Å². The smallest absolute Gasteiger partial charge is 0.242 e. The van der Waals surface area contributed by atoms with Gasteiger partial charge in [-0.25, -0.2) is 4.98 Å². The lowest BCUT2D eigenvalue weighted by Crippen LogP contribution is -2.61. The third-order valence-corrected chi connectivity index (χ3v) is 4.93. The SMILES string of the molecule is CN1CCCNC(=O)C12CCN(C(=O)Cn1ccnc1)CC2. The molecule has 0 aromatic carbocycles. The first-order chi connectivity index (χ1) is 10.6. The average molecular weight is 305 g/mol. The van der Waals surface area contributed by atoms with Crippen LogP contribution in [0.1, 0.15) is 19.3 Å². The predicted octanol–water partition coefficient (Wildman–Crippen LogP) is -0.304. The standard InChI is InChI=1S/C15H23N5O2/c1-18-7-2-5-17-14(22)15(18)3-8-20(9-4-15)13(21)11-19-10-6-16-12-19/h6,10,12H,2-5,7-9,11H2,1H3,(H,17,22). The first kappa shape index (κ1) is 15.0. The molecular formula is C15H23N5O2. The Labute approximate surface area is 130 Å². The topological polar surface area (TPSA) is 70.5 Å². The summed E-state index contributed by atoms with van der Waals surface area (Å²) in [5.74, 6) is 0.207. The summed E-state index contributed by atoms with van der Waals surface area (Å²) in [6.45, 7) is 3.24. The van der Waals surface area contributed by atoms with Crippen LogP contribution >= 0.6 is 0 Å². The van der Waals surface area contributed by atoms with E-state index in [1.807, 2.05) is 11.9 Å². The third kappa shape index (κ3) is 2.72. The van der Waals surface area contributed by atoms with Gasteiger partial charge in [0, 0.05) is 38.6 Å². The molecule has 0 saturated carbocycles. The molecule has 1 aromatic rings. The molecule has 2 fully saturated rings. The predicted molar refractivity (Wildman–Crippen MR) is 81.0 cm³/mol. The quantitative estimate of drug-likeness (QED) is 0.814. The van der Waals surface area contributed by atoms with Gasteiger partial charge >= 0.3 is 0 Å². The summed E-state index contributed by atoms with van der Waals surface area (Å²) >= 11 is 0. The van der Waals surface area contributed by atoms with E-state index >= 15 is 0 Å². The molecule has 1 aromatic heterocycles. The number of likely N-dealkylation sites (tertiary alicyclic amines) is 1. The summed E-state index contributed by atoms with van der Waals surface area (Å²) < 4.78 is 1.77. The molecule has 2 aliphatic rings. The van der Waals surface area contributed by atoms with Crippen molar-refractivity contribution in [2.45, 2.75) is 31.3 Å². The lowest BCUT2D eigenvalue weighted by Gasteiger charge is -2.44. The maximum Gasteiger partial charge on any atom is 0.242 e. The minimum atomic E-state index is -0.442. The molecule has 1 N–H and O–H groups in total. The summed E-state index contributed by atoms with van der Waals surface area (Å²) in [5.41, 5.74) is -0.442. The van der Waals surface area contributed by atoms with Crippen molar-refractivity contribution in [3.8, 4) is 0 Å². The van der Waals surface area contributed by atoms with E-state index < -0.39 is 5.54 Å². The second-order valence-electron chi connectivity index (χ2n) is 6.18. The van der Waals surface area contributed by atoms with Gasteiger partial charge in [-0.15, -0.1) is 0 Å². The van der Waals surface area contributed by atoms with Crippen molar-refractivity contribution in [2.24, 2.45) is 0 Å². The van der Waals surface area contributed by atoms with Crippen molar-refractivity contribution >= 4 is 11.8 Å². The second kappa shape index (κ2) is 6.08. The van der Waals surface area contributed by atoms with Crippen molar-refractivity contribution < 1.29 is 9.59 Å². The summed E-state index contributed by atoms with van der Waals surface area (Å²) in [5, 5.41) is 3.02. The van der Waals surface area contributed by atoms with Crippen molar-refractivity contribution in [1.29, 1.82) is 0 Å². The van der Waals surface area contributed by atoms with Gasteiger partial charge in [-0.3, -0.25) is 14.5 Å². The highest BCUT2D eigenvalue weighted by Gasteiger charge is 2.45. The van der Waals surface area contributed by atoms with Gasteiger partial charge in [0.1, 0.15) is 12.1 Å². The number of rotatable bonds is 2. The van der Waals surface area contributed by atoms with Crippen LogP contribution in [0.5, 0.6) is 0 Å². The fourth-order valence-corrected chi connectivity index (χ4v) is 3.44. The highest BCUT2D eigenvalue weighted by Crippen LogP contribution is 2.30. The van der Waals surface area contributed by atoms with Crippen molar-refractivity contribution in [3.63, 3.8) is 0 Å². The van der Waals surface area contributed by atoms with E-state index in [0.29, 0.717) is 32.5 Å². The van der Waals surface area contributed by atoms with Crippen LogP contribution in [0.25, 0.3) is 0 Å². The monoisotopic (exact) mass is 305 g/mol. The van der Waals surface area contributed by atoms with E-state index in [1.54, 1.807) is 23.3 Å². The first-order valence-corrected chi connectivity index (χ1v) is 7.85. The van der Waals surface area contributed by atoms with Crippen molar-refractivity contribution in [2.75, 3.05) is 33.2 Å². The van der Waals surface area contributed by atoms with Gasteiger partial charge in [0.05, 0.1) is 6.33 Å². The maximum absolute atomic E-state index is 12.5. The molecule has 0 atom stereocenters. The Morgan fingerprint density at radius 2 is 2.14 bits per heavy atom. The van der Waals surface area contributed by atoms with Crippen LogP contribution in [0.3, 0.4) is 0 Å². The van der Waals surface area contributed by atoms with Crippen LogP contribution in [-0.2, 0) is 16.1 Å². The van der Waals surface area contributed by atoms with Gasteiger partial charge in [-0.2, -0.15) is 0 Å². The van der Waals surface area contributed by atoms with E-state index in [9.17, 15) is 9.59 Å². The molecule has 7 heteroatoms. The number of hydrogen-bond acceptors (Lipinski definition) is 4. The number of nitrogens with one attached hydrogen (secondary N) is 1. The number of amides is 2. The Morgan fingerprint density at radius 3 is 2.82 bits per heavy atom. The van der Waals surface area contributed by atoms with Crippen LogP contribution in [0.2, 0.25) is 0 Å². The molecular weight excluding hydrogens is 282 g/mol. The van der Waals surface area contributed by atoms with Gasteiger partial charge in [0.25, 0.3) is 0 Å². The Bertz CT molecular complexity index is 534. The number of imidazole rings is 1. The number of carbonyl (C=O) groups is 2. The molecule has 7 nitrogen and oxygen atoms in total. The highest BCUT2D eigenvalue weighted by molar-refractivity contribution is 5.87. The van der Waals surface area contributed by atoms with Crippen LogP contribution in [0.15, 0.2) is 18.7 Å².